The third-order valence-electron chi connectivity index (χ3n) is 2.94. The summed E-state index contributed by atoms with van der Waals surface area (Å²) in [6.07, 6.45) is 2.90. The number of rotatable bonds is 2. The Balaban J connectivity index is 2.40. The number of nitrogens with zero attached hydrogens (tertiary/aromatic N) is 2. The number of hydrogen-bond acceptors (Lipinski definition) is 4. The SMILES string of the molecule is Cc1ccc(-c2cc(C(=O)OC#N)ccn2)cc1C. The zero-order chi connectivity index (χ0) is 13.8. The molecule has 1 aromatic carbocycles. The number of pyridine rings is 1. The smallest absolute Gasteiger partial charge is 0.347 e. The molecule has 0 aliphatic rings. The maximum absolute atomic E-state index is 11.5. The van der Waals surface area contributed by atoms with Crippen LogP contribution in [-0.2, 0) is 4.74 Å². The summed E-state index contributed by atoms with van der Waals surface area (Å²) in [5.41, 5.74) is 4.27. The summed E-state index contributed by atoms with van der Waals surface area (Å²) in [6.45, 7) is 4.06. The quantitative estimate of drug-likeness (QED) is 0.608. The number of esters is 1. The minimum Gasteiger partial charge on any atom is -0.347 e. The van der Waals surface area contributed by atoms with Gasteiger partial charge in [0.2, 0.25) is 0 Å². The van der Waals surface area contributed by atoms with Crippen molar-refractivity contribution in [2.45, 2.75) is 13.8 Å². The molecule has 1 heterocycles. The van der Waals surface area contributed by atoms with Crippen molar-refractivity contribution in [3.05, 3.63) is 53.2 Å². The monoisotopic (exact) mass is 252 g/mol. The highest BCUT2D eigenvalue weighted by Crippen LogP contribution is 2.21. The number of ether oxygens (including phenoxy) is 1. The average Bonchev–Trinajstić information content (AvgIpc) is 2.42. The molecule has 0 radical (unpaired) electrons. The van der Waals surface area contributed by atoms with Crippen LogP contribution in [0.25, 0.3) is 11.3 Å². The van der Waals surface area contributed by atoms with Crippen LogP contribution in [0.2, 0.25) is 0 Å². The van der Waals surface area contributed by atoms with E-state index in [1.165, 1.54) is 24.1 Å². The van der Waals surface area contributed by atoms with Gasteiger partial charge in [0.25, 0.3) is 6.26 Å². The first-order chi connectivity index (χ1) is 9.11. The second kappa shape index (κ2) is 5.32. The molecule has 0 aliphatic heterocycles. The Morgan fingerprint density at radius 1 is 1.21 bits per heavy atom. The molecule has 2 aromatic rings. The number of benzene rings is 1. The predicted octanol–water partition coefficient (Wildman–Crippen LogP) is 3.00. The van der Waals surface area contributed by atoms with E-state index in [4.69, 9.17) is 5.26 Å². The molecule has 0 aliphatic carbocycles. The highest BCUT2D eigenvalue weighted by atomic mass is 16.5. The summed E-state index contributed by atoms with van der Waals surface area (Å²) in [6, 6.07) is 9.10. The number of hydrogen-bond donors (Lipinski definition) is 0. The van der Waals surface area contributed by atoms with Crippen molar-refractivity contribution < 1.29 is 9.53 Å². The van der Waals surface area contributed by atoms with E-state index in [1.807, 2.05) is 32.0 Å². The lowest BCUT2D eigenvalue weighted by molar-refractivity contribution is 0.0685. The van der Waals surface area contributed by atoms with Crippen LogP contribution in [0.5, 0.6) is 0 Å². The van der Waals surface area contributed by atoms with E-state index in [0.29, 0.717) is 11.3 Å². The normalized spacial score (nSPS) is 9.74. The number of aromatic nitrogens is 1. The van der Waals surface area contributed by atoms with Gasteiger partial charge in [-0.2, -0.15) is 0 Å². The van der Waals surface area contributed by atoms with E-state index < -0.39 is 5.97 Å². The van der Waals surface area contributed by atoms with Crippen molar-refractivity contribution >= 4 is 5.97 Å². The number of carbonyl (C=O) groups is 1. The van der Waals surface area contributed by atoms with Crippen LogP contribution in [0, 0.1) is 25.4 Å². The fourth-order valence-corrected chi connectivity index (χ4v) is 1.72. The standard InChI is InChI=1S/C15H12N2O2/c1-10-3-4-12(7-11(10)2)14-8-13(5-6-17-14)15(18)19-9-16/h3-8H,1-2H3. The molecule has 0 atom stereocenters. The van der Waals surface area contributed by atoms with Gasteiger partial charge in [0.1, 0.15) is 0 Å². The Morgan fingerprint density at radius 3 is 2.68 bits per heavy atom. The van der Waals surface area contributed by atoms with E-state index in [1.54, 1.807) is 6.07 Å². The Morgan fingerprint density at radius 2 is 2.00 bits per heavy atom. The van der Waals surface area contributed by atoms with E-state index >= 15 is 0 Å². The van der Waals surface area contributed by atoms with Crippen molar-refractivity contribution in [2.24, 2.45) is 0 Å². The molecule has 0 fully saturated rings. The van der Waals surface area contributed by atoms with Gasteiger partial charge in [0, 0.05) is 11.8 Å². The zero-order valence-corrected chi connectivity index (χ0v) is 10.7. The molecule has 0 unspecified atom stereocenters. The van der Waals surface area contributed by atoms with Gasteiger partial charge in [-0.25, -0.2) is 4.79 Å². The predicted molar refractivity (Wildman–Crippen MR) is 70.2 cm³/mol. The molecular formula is C15H12N2O2. The number of carbonyl (C=O) groups excluding carboxylic acids is 1. The largest absolute Gasteiger partial charge is 0.353 e. The average molecular weight is 252 g/mol. The molecule has 94 valence electrons. The Labute approximate surface area is 111 Å². The zero-order valence-electron chi connectivity index (χ0n) is 10.7. The lowest BCUT2D eigenvalue weighted by Gasteiger charge is -2.05. The van der Waals surface area contributed by atoms with Crippen LogP contribution in [0.15, 0.2) is 36.5 Å². The van der Waals surface area contributed by atoms with Crippen LogP contribution in [-0.4, -0.2) is 11.0 Å². The minimum atomic E-state index is -0.671. The van der Waals surface area contributed by atoms with Gasteiger partial charge in [-0.15, -0.1) is 5.26 Å². The summed E-state index contributed by atoms with van der Waals surface area (Å²) in [5, 5.41) is 8.34. The molecule has 4 heteroatoms. The molecule has 0 spiro atoms. The van der Waals surface area contributed by atoms with Gasteiger partial charge >= 0.3 is 5.97 Å². The molecule has 2 rings (SSSR count). The van der Waals surface area contributed by atoms with Gasteiger partial charge in [-0.05, 0) is 43.2 Å². The van der Waals surface area contributed by atoms with Crippen LogP contribution in [0.4, 0.5) is 0 Å². The summed E-state index contributed by atoms with van der Waals surface area (Å²) in [4.78, 5) is 15.7. The molecule has 1 aromatic heterocycles. The summed E-state index contributed by atoms with van der Waals surface area (Å²) < 4.78 is 4.30. The highest BCUT2D eigenvalue weighted by molar-refractivity contribution is 5.91. The lowest BCUT2D eigenvalue weighted by Crippen LogP contribution is -2.01. The van der Waals surface area contributed by atoms with Gasteiger partial charge in [0.15, 0.2) is 0 Å². The van der Waals surface area contributed by atoms with Crippen molar-refractivity contribution in [3.8, 4) is 17.5 Å². The number of aryl methyl sites for hydroxylation is 2. The first-order valence-electron chi connectivity index (χ1n) is 5.76. The third-order valence-corrected chi connectivity index (χ3v) is 2.94. The second-order valence-electron chi connectivity index (χ2n) is 4.21. The highest BCUT2D eigenvalue weighted by Gasteiger charge is 2.09. The topological polar surface area (TPSA) is 63.0 Å². The van der Waals surface area contributed by atoms with Crippen LogP contribution in [0.3, 0.4) is 0 Å². The van der Waals surface area contributed by atoms with Crippen LogP contribution < -0.4 is 0 Å². The van der Waals surface area contributed by atoms with Crippen LogP contribution in [0.1, 0.15) is 21.5 Å². The van der Waals surface area contributed by atoms with Crippen molar-refractivity contribution in [1.82, 2.24) is 4.98 Å². The first-order valence-corrected chi connectivity index (χ1v) is 5.76. The first kappa shape index (κ1) is 12.8. The Bertz CT molecular complexity index is 672. The van der Waals surface area contributed by atoms with Crippen molar-refractivity contribution in [2.75, 3.05) is 0 Å². The Kier molecular flexibility index (Phi) is 3.58. The number of nitriles is 1. The van der Waals surface area contributed by atoms with E-state index in [-0.39, 0.29) is 0 Å². The Hall–Kier alpha value is -2.67. The minimum absolute atomic E-state index is 0.310. The van der Waals surface area contributed by atoms with Crippen molar-refractivity contribution in [1.29, 1.82) is 5.26 Å². The van der Waals surface area contributed by atoms with Gasteiger partial charge in [-0.1, -0.05) is 12.1 Å². The summed E-state index contributed by atoms with van der Waals surface area (Å²) in [5.74, 6) is -0.671. The van der Waals surface area contributed by atoms with Crippen LogP contribution >= 0.6 is 0 Å². The summed E-state index contributed by atoms with van der Waals surface area (Å²) >= 11 is 0. The maximum Gasteiger partial charge on any atom is 0.353 e. The fourth-order valence-electron chi connectivity index (χ4n) is 1.72. The molecule has 0 N–H and O–H groups in total. The molecule has 0 saturated heterocycles. The van der Waals surface area contributed by atoms with E-state index in [9.17, 15) is 4.79 Å². The van der Waals surface area contributed by atoms with E-state index in [0.717, 1.165) is 11.1 Å². The summed E-state index contributed by atoms with van der Waals surface area (Å²) in [7, 11) is 0. The van der Waals surface area contributed by atoms with Crippen molar-refractivity contribution in [3.63, 3.8) is 0 Å². The lowest BCUT2D eigenvalue weighted by atomic mass is 10.0. The molecular weight excluding hydrogens is 240 g/mol. The molecule has 19 heavy (non-hydrogen) atoms. The fraction of sp³-hybridized carbons (Fsp3) is 0.133. The molecule has 0 amide bonds. The van der Waals surface area contributed by atoms with Gasteiger partial charge in [0.05, 0.1) is 11.3 Å². The molecule has 0 bridgehead atoms. The van der Waals surface area contributed by atoms with Gasteiger partial charge in [-0.3, -0.25) is 4.98 Å². The maximum atomic E-state index is 11.5. The third kappa shape index (κ3) is 2.78. The molecule has 4 nitrogen and oxygen atoms in total. The van der Waals surface area contributed by atoms with Gasteiger partial charge < -0.3 is 4.74 Å². The van der Waals surface area contributed by atoms with E-state index in [2.05, 4.69) is 9.72 Å². The second-order valence-corrected chi connectivity index (χ2v) is 4.21. The molecule has 0 saturated carbocycles.